The number of carbonyl (C=O) groups excluding carboxylic acids is 1. The van der Waals surface area contributed by atoms with Crippen LogP contribution in [0.2, 0.25) is 0 Å². The van der Waals surface area contributed by atoms with Gasteiger partial charge in [0.15, 0.2) is 0 Å². The average molecular weight is 255 g/mol. The zero-order valence-corrected chi connectivity index (χ0v) is 12.6. The van der Waals surface area contributed by atoms with Crippen LogP contribution in [0.5, 0.6) is 0 Å². The van der Waals surface area contributed by atoms with Crippen molar-refractivity contribution in [3.63, 3.8) is 0 Å². The van der Waals surface area contributed by atoms with Crippen molar-refractivity contribution in [2.75, 3.05) is 40.3 Å². The van der Waals surface area contributed by atoms with Gasteiger partial charge in [-0.05, 0) is 46.7 Å². The van der Waals surface area contributed by atoms with Crippen LogP contribution in [0, 0.1) is 5.92 Å². The molecule has 1 amide bonds. The van der Waals surface area contributed by atoms with E-state index in [1.165, 1.54) is 6.42 Å². The standard InChI is InChI=1S/C14H29N3O/c1-14(2,3)15-8-6-13(18)17(5)11-12-7-9-16(4)10-12/h12,15H,6-11H2,1-5H3. The minimum atomic E-state index is 0.0903. The lowest BCUT2D eigenvalue weighted by Crippen LogP contribution is -2.39. The van der Waals surface area contributed by atoms with Crippen molar-refractivity contribution in [3.8, 4) is 0 Å². The Hall–Kier alpha value is -0.610. The number of carbonyl (C=O) groups is 1. The van der Waals surface area contributed by atoms with E-state index in [0.29, 0.717) is 12.3 Å². The average Bonchev–Trinajstić information content (AvgIpc) is 2.61. The fraction of sp³-hybridized carbons (Fsp3) is 0.929. The Labute approximate surface area is 112 Å². The Morgan fingerprint density at radius 3 is 2.61 bits per heavy atom. The predicted octanol–water partition coefficient (Wildman–Crippen LogP) is 1.17. The van der Waals surface area contributed by atoms with Crippen LogP contribution >= 0.6 is 0 Å². The van der Waals surface area contributed by atoms with E-state index in [-0.39, 0.29) is 11.4 Å². The summed E-state index contributed by atoms with van der Waals surface area (Å²) in [4.78, 5) is 16.2. The van der Waals surface area contributed by atoms with Gasteiger partial charge in [-0.15, -0.1) is 0 Å². The normalized spacial score (nSPS) is 21.3. The first-order valence-corrected chi connectivity index (χ1v) is 6.95. The van der Waals surface area contributed by atoms with E-state index in [1.807, 2.05) is 11.9 Å². The van der Waals surface area contributed by atoms with E-state index in [9.17, 15) is 4.79 Å². The van der Waals surface area contributed by atoms with Crippen LogP contribution in [0.4, 0.5) is 0 Å². The van der Waals surface area contributed by atoms with E-state index in [0.717, 1.165) is 26.2 Å². The minimum Gasteiger partial charge on any atom is -0.345 e. The van der Waals surface area contributed by atoms with E-state index >= 15 is 0 Å². The van der Waals surface area contributed by atoms with Crippen molar-refractivity contribution >= 4 is 5.91 Å². The number of nitrogens with zero attached hydrogens (tertiary/aromatic N) is 2. The van der Waals surface area contributed by atoms with Crippen LogP contribution in [0.25, 0.3) is 0 Å². The van der Waals surface area contributed by atoms with Crippen molar-refractivity contribution < 1.29 is 4.79 Å². The van der Waals surface area contributed by atoms with E-state index in [2.05, 4.69) is 38.0 Å². The van der Waals surface area contributed by atoms with Crippen molar-refractivity contribution in [1.82, 2.24) is 15.1 Å². The molecule has 0 saturated carbocycles. The van der Waals surface area contributed by atoms with Crippen molar-refractivity contribution in [1.29, 1.82) is 0 Å². The third-order valence-corrected chi connectivity index (χ3v) is 3.44. The molecule has 18 heavy (non-hydrogen) atoms. The first-order valence-electron chi connectivity index (χ1n) is 6.95. The van der Waals surface area contributed by atoms with E-state index in [1.54, 1.807) is 0 Å². The van der Waals surface area contributed by atoms with Gasteiger partial charge in [-0.2, -0.15) is 0 Å². The van der Waals surface area contributed by atoms with Crippen molar-refractivity contribution in [2.24, 2.45) is 5.92 Å². The number of hydrogen-bond donors (Lipinski definition) is 1. The third kappa shape index (κ3) is 5.83. The molecule has 0 spiro atoms. The molecule has 1 aliphatic rings. The van der Waals surface area contributed by atoms with Gasteiger partial charge in [0.2, 0.25) is 5.91 Å². The summed E-state index contributed by atoms with van der Waals surface area (Å²) in [7, 11) is 4.08. The second-order valence-electron chi connectivity index (χ2n) is 6.62. The van der Waals surface area contributed by atoms with Crippen LogP contribution in [0.3, 0.4) is 0 Å². The van der Waals surface area contributed by atoms with Gasteiger partial charge < -0.3 is 15.1 Å². The second-order valence-corrected chi connectivity index (χ2v) is 6.62. The smallest absolute Gasteiger partial charge is 0.223 e. The number of likely N-dealkylation sites (tertiary alicyclic amines) is 1. The quantitative estimate of drug-likeness (QED) is 0.801. The first-order chi connectivity index (χ1) is 8.28. The second kappa shape index (κ2) is 6.53. The number of rotatable bonds is 5. The molecule has 1 unspecified atom stereocenters. The summed E-state index contributed by atoms with van der Waals surface area (Å²) in [5, 5.41) is 3.35. The van der Waals surface area contributed by atoms with Gasteiger partial charge in [-0.3, -0.25) is 4.79 Å². The molecular weight excluding hydrogens is 226 g/mol. The zero-order valence-electron chi connectivity index (χ0n) is 12.6. The molecule has 0 aromatic rings. The topological polar surface area (TPSA) is 35.6 Å². The maximum atomic E-state index is 12.0. The lowest BCUT2D eigenvalue weighted by Gasteiger charge is -2.23. The maximum absolute atomic E-state index is 12.0. The lowest BCUT2D eigenvalue weighted by atomic mass is 10.1. The molecule has 0 bridgehead atoms. The molecule has 1 aliphatic heterocycles. The van der Waals surface area contributed by atoms with Crippen molar-refractivity contribution in [3.05, 3.63) is 0 Å². The summed E-state index contributed by atoms with van der Waals surface area (Å²) >= 11 is 0. The van der Waals surface area contributed by atoms with Crippen LogP contribution in [0.15, 0.2) is 0 Å². The highest BCUT2D eigenvalue weighted by Gasteiger charge is 2.22. The zero-order chi connectivity index (χ0) is 13.8. The number of amides is 1. The SMILES string of the molecule is CN1CCC(CN(C)C(=O)CCNC(C)(C)C)C1. The molecule has 0 radical (unpaired) electrons. The van der Waals surface area contributed by atoms with Gasteiger partial charge in [-0.1, -0.05) is 0 Å². The Kier molecular flexibility index (Phi) is 5.60. The molecule has 1 fully saturated rings. The summed E-state index contributed by atoms with van der Waals surface area (Å²) in [6.07, 6.45) is 1.81. The first kappa shape index (κ1) is 15.4. The molecule has 1 N–H and O–H groups in total. The van der Waals surface area contributed by atoms with E-state index in [4.69, 9.17) is 0 Å². The fourth-order valence-electron chi connectivity index (χ4n) is 2.40. The maximum Gasteiger partial charge on any atom is 0.223 e. The molecule has 0 aromatic heterocycles. The molecule has 0 aromatic carbocycles. The monoisotopic (exact) mass is 255 g/mol. The molecular formula is C14H29N3O. The fourth-order valence-corrected chi connectivity index (χ4v) is 2.40. The van der Waals surface area contributed by atoms with Crippen LogP contribution < -0.4 is 5.32 Å². The molecule has 1 saturated heterocycles. The summed E-state index contributed by atoms with van der Waals surface area (Å²) in [6, 6.07) is 0. The highest BCUT2D eigenvalue weighted by Crippen LogP contribution is 2.15. The van der Waals surface area contributed by atoms with Crippen LogP contribution in [-0.2, 0) is 4.79 Å². The lowest BCUT2D eigenvalue weighted by molar-refractivity contribution is -0.130. The van der Waals surface area contributed by atoms with Crippen molar-refractivity contribution in [2.45, 2.75) is 39.2 Å². The Bertz CT molecular complexity index is 273. The van der Waals surface area contributed by atoms with Gasteiger partial charge in [-0.25, -0.2) is 0 Å². The summed E-state index contributed by atoms with van der Waals surface area (Å²) in [5.74, 6) is 0.904. The van der Waals surface area contributed by atoms with Gasteiger partial charge in [0.05, 0.1) is 0 Å². The molecule has 0 aliphatic carbocycles. The Balaban J connectivity index is 2.20. The van der Waals surface area contributed by atoms with Gasteiger partial charge in [0.1, 0.15) is 0 Å². The predicted molar refractivity (Wildman–Crippen MR) is 75.6 cm³/mol. The van der Waals surface area contributed by atoms with Crippen LogP contribution in [-0.4, -0.2) is 61.5 Å². The molecule has 4 nitrogen and oxygen atoms in total. The van der Waals surface area contributed by atoms with Gasteiger partial charge >= 0.3 is 0 Å². The Morgan fingerprint density at radius 1 is 1.44 bits per heavy atom. The highest BCUT2D eigenvalue weighted by molar-refractivity contribution is 5.76. The molecule has 1 rings (SSSR count). The number of nitrogens with one attached hydrogen (secondary N) is 1. The summed E-state index contributed by atoms with van der Waals surface area (Å²) < 4.78 is 0. The summed E-state index contributed by atoms with van der Waals surface area (Å²) in [5.41, 5.74) is 0.0903. The third-order valence-electron chi connectivity index (χ3n) is 3.44. The summed E-state index contributed by atoms with van der Waals surface area (Å²) in [6.45, 7) is 10.3. The van der Waals surface area contributed by atoms with Gasteiger partial charge in [0.25, 0.3) is 0 Å². The minimum absolute atomic E-state index is 0.0903. The van der Waals surface area contributed by atoms with Gasteiger partial charge in [0, 0.05) is 38.6 Å². The number of hydrogen-bond acceptors (Lipinski definition) is 3. The molecule has 1 atom stereocenters. The van der Waals surface area contributed by atoms with Crippen LogP contribution in [0.1, 0.15) is 33.6 Å². The van der Waals surface area contributed by atoms with E-state index < -0.39 is 0 Å². The largest absolute Gasteiger partial charge is 0.345 e. The highest BCUT2D eigenvalue weighted by atomic mass is 16.2. The Morgan fingerprint density at radius 2 is 2.11 bits per heavy atom. The molecule has 4 heteroatoms. The molecule has 106 valence electrons. The molecule has 1 heterocycles.